The molecule has 164 valence electrons. The van der Waals surface area contributed by atoms with E-state index in [1.54, 1.807) is 27.4 Å². The number of aliphatic carboxylic acids is 1. The molecular weight excluding hydrogens is 400 g/mol. The second-order valence-electron chi connectivity index (χ2n) is 7.06. The van der Waals surface area contributed by atoms with Gasteiger partial charge in [0, 0.05) is 36.5 Å². The number of benzene rings is 2. The highest BCUT2D eigenvalue weighted by atomic mass is 16.5. The zero-order chi connectivity index (χ0) is 22.4. The number of amides is 1. The van der Waals surface area contributed by atoms with Crippen LogP contribution in [-0.4, -0.2) is 49.0 Å². The van der Waals surface area contributed by atoms with Crippen molar-refractivity contribution in [3.8, 4) is 17.2 Å². The lowest BCUT2D eigenvalue weighted by molar-refractivity contribution is -0.137. The Hall–Kier alpha value is -3.55. The summed E-state index contributed by atoms with van der Waals surface area (Å²) < 4.78 is 16.3. The first-order valence-corrected chi connectivity index (χ1v) is 9.95. The topological polar surface area (TPSA) is 97.7 Å². The first kappa shape index (κ1) is 22.1. The molecule has 0 aromatic heterocycles. The normalized spacial score (nSPS) is 15.4. The summed E-state index contributed by atoms with van der Waals surface area (Å²) in [6.07, 6.45) is 0.730. The molecule has 2 aromatic rings. The molecule has 2 aromatic carbocycles. The molecule has 1 aliphatic heterocycles. The van der Waals surface area contributed by atoms with E-state index in [0.717, 1.165) is 11.1 Å². The van der Waals surface area contributed by atoms with E-state index < -0.39 is 12.0 Å². The summed E-state index contributed by atoms with van der Waals surface area (Å²) in [4.78, 5) is 23.8. The summed E-state index contributed by atoms with van der Waals surface area (Å²) in [6.45, 7) is 0. The van der Waals surface area contributed by atoms with E-state index in [1.165, 1.54) is 5.01 Å². The van der Waals surface area contributed by atoms with Crippen molar-refractivity contribution in [2.45, 2.75) is 31.7 Å². The Morgan fingerprint density at radius 1 is 1.03 bits per heavy atom. The van der Waals surface area contributed by atoms with Gasteiger partial charge in [0.1, 0.15) is 17.2 Å². The van der Waals surface area contributed by atoms with Crippen molar-refractivity contribution in [3.63, 3.8) is 0 Å². The lowest BCUT2D eigenvalue weighted by Gasteiger charge is -2.24. The number of rotatable bonds is 9. The van der Waals surface area contributed by atoms with E-state index in [2.05, 4.69) is 5.10 Å². The van der Waals surface area contributed by atoms with E-state index in [-0.39, 0.29) is 25.2 Å². The van der Waals surface area contributed by atoms with Gasteiger partial charge < -0.3 is 19.3 Å². The third-order valence-corrected chi connectivity index (χ3v) is 5.16. The van der Waals surface area contributed by atoms with Crippen LogP contribution in [0.5, 0.6) is 17.2 Å². The minimum Gasteiger partial charge on any atom is -0.497 e. The summed E-state index contributed by atoms with van der Waals surface area (Å²) in [6, 6.07) is 12.6. The van der Waals surface area contributed by atoms with Gasteiger partial charge in [-0.05, 0) is 30.7 Å². The van der Waals surface area contributed by atoms with Crippen LogP contribution in [0.3, 0.4) is 0 Å². The number of hydrazone groups is 1. The number of ether oxygens (including phenoxy) is 3. The van der Waals surface area contributed by atoms with E-state index in [4.69, 9.17) is 19.3 Å². The van der Waals surface area contributed by atoms with Gasteiger partial charge in [-0.1, -0.05) is 12.1 Å². The quantitative estimate of drug-likeness (QED) is 0.657. The lowest BCUT2D eigenvalue weighted by Crippen LogP contribution is -2.27. The second-order valence-corrected chi connectivity index (χ2v) is 7.06. The number of para-hydroxylation sites is 1. The van der Waals surface area contributed by atoms with Crippen LogP contribution in [0.4, 0.5) is 0 Å². The third-order valence-electron chi connectivity index (χ3n) is 5.16. The van der Waals surface area contributed by atoms with Gasteiger partial charge in [-0.2, -0.15) is 5.10 Å². The SMILES string of the molecule is COc1ccc([C@H]2CC(c3ccccc3OC)=NN2C(=O)CCCC(=O)O)c(OC)c1. The van der Waals surface area contributed by atoms with Gasteiger partial charge in [-0.25, -0.2) is 5.01 Å². The van der Waals surface area contributed by atoms with Crippen LogP contribution in [0, 0.1) is 0 Å². The molecule has 0 saturated carbocycles. The fourth-order valence-electron chi connectivity index (χ4n) is 3.63. The zero-order valence-electron chi connectivity index (χ0n) is 17.8. The highest BCUT2D eigenvalue weighted by Gasteiger charge is 2.35. The van der Waals surface area contributed by atoms with Crippen molar-refractivity contribution in [2.75, 3.05) is 21.3 Å². The lowest BCUT2D eigenvalue weighted by atomic mass is 9.97. The molecule has 3 rings (SSSR count). The Morgan fingerprint density at radius 3 is 2.45 bits per heavy atom. The minimum atomic E-state index is -0.930. The summed E-state index contributed by atoms with van der Waals surface area (Å²) in [5, 5.41) is 15.0. The van der Waals surface area contributed by atoms with Crippen molar-refractivity contribution in [1.29, 1.82) is 0 Å². The molecule has 0 spiro atoms. The van der Waals surface area contributed by atoms with Crippen LogP contribution in [0.15, 0.2) is 47.6 Å². The molecule has 1 amide bonds. The second kappa shape index (κ2) is 9.97. The van der Waals surface area contributed by atoms with Gasteiger partial charge in [0.05, 0.1) is 33.1 Å². The molecular formula is C23H26N2O6. The number of nitrogens with zero attached hydrogens (tertiary/aromatic N) is 2. The van der Waals surface area contributed by atoms with Gasteiger partial charge in [0.25, 0.3) is 0 Å². The molecule has 31 heavy (non-hydrogen) atoms. The van der Waals surface area contributed by atoms with Crippen LogP contribution >= 0.6 is 0 Å². The molecule has 0 bridgehead atoms. The predicted octanol–water partition coefficient (Wildman–Crippen LogP) is 3.65. The molecule has 1 aliphatic rings. The molecule has 0 saturated heterocycles. The Kier molecular flexibility index (Phi) is 7.12. The van der Waals surface area contributed by atoms with Crippen molar-refractivity contribution in [1.82, 2.24) is 5.01 Å². The maximum atomic E-state index is 13.0. The summed E-state index contributed by atoms with van der Waals surface area (Å²) in [5.74, 6) is 0.727. The summed E-state index contributed by atoms with van der Waals surface area (Å²) in [5.41, 5.74) is 2.32. The van der Waals surface area contributed by atoms with Crippen molar-refractivity contribution < 1.29 is 28.9 Å². The maximum absolute atomic E-state index is 13.0. The first-order chi connectivity index (χ1) is 15.0. The molecule has 8 heteroatoms. The van der Waals surface area contributed by atoms with Crippen LogP contribution in [0.2, 0.25) is 0 Å². The predicted molar refractivity (Wildman–Crippen MR) is 115 cm³/mol. The number of methoxy groups -OCH3 is 3. The number of hydrogen-bond acceptors (Lipinski definition) is 6. The van der Waals surface area contributed by atoms with Crippen molar-refractivity contribution in [2.24, 2.45) is 5.10 Å². The largest absolute Gasteiger partial charge is 0.497 e. The number of hydrogen-bond donors (Lipinski definition) is 1. The van der Waals surface area contributed by atoms with Crippen LogP contribution in [0.25, 0.3) is 0 Å². The maximum Gasteiger partial charge on any atom is 0.303 e. The smallest absolute Gasteiger partial charge is 0.303 e. The number of carboxylic acids is 1. The van der Waals surface area contributed by atoms with Gasteiger partial charge >= 0.3 is 5.97 Å². The van der Waals surface area contributed by atoms with Crippen molar-refractivity contribution >= 4 is 17.6 Å². The van der Waals surface area contributed by atoms with E-state index in [9.17, 15) is 9.59 Å². The average molecular weight is 426 g/mol. The average Bonchev–Trinajstić information content (AvgIpc) is 3.23. The molecule has 0 fully saturated rings. The zero-order valence-corrected chi connectivity index (χ0v) is 17.8. The fraction of sp³-hybridized carbons (Fsp3) is 0.348. The van der Waals surface area contributed by atoms with E-state index in [0.29, 0.717) is 29.4 Å². The highest BCUT2D eigenvalue weighted by Crippen LogP contribution is 2.40. The Balaban J connectivity index is 1.97. The van der Waals surface area contributed by atoms with Crippen LogP contribution in [0.1, 0.15) is 42.9 Å². The van der Waals surface area contributed by atoms with Crippen LogP contribution < -0.4 is 14.2 Å². The Bertz CT molecular complexity index is 988. The summed E-state index contributed by atoms with van der Waals surface area (Å²) in [7, 11) is 4.73. The highest BCUT2D eigenvalue weighted by molar-refractivity contribution is 6.05. The monoisotopic (exact) mass is 426 g/mol. The molecule has 0 unspecified atom stereocenters. The third kappa shape index (κ3) is 4.96. The first-order valence-electron chi connectivity index (χ1n) is 9.95. The molecule has 1 heterocycles. The van der Waals surface area contributed by atoms with Gasteiger partial charge in [0.15, 0.2) is 0 Å². The number of carbonyl (C=O) groups is 2. The molecule has 8 nitrogen and oxygen atoms in total. The molecule has 1 atom stereocenters. The molecule has 0 aliphatic carbocycles. The van der Waals surface area contributed by atoms with E-state index >= 15 is 0 Å². The van der Waals surface area contributed by atoms with Gasteiger partial charge in [0.2, 0.25) is 5.91 Å². The summed E-state index contributed by atoms with van der Waals surface area (Å²) >= 11 is 0. The Labute approximate surface area is 181 Å². The fourth-order valence-corrected chi connectivity index (χ4v) is 3.63. The van der Waals surface area contributed by atoms with Crippen molar-refractivity contribution in [3.05, 3.63) is 53.6 Å². The van der Waals surface area contributed by atoms with E-state index in [1.807, 2.05) is 36.4 Å². The van der Waals surface area contributed by atoms with Gasteiger partial charge in [-0.3, -0.25) is 9.59 Å². The number of carboxylic acid groups (broad SMARTS) is 1. The standard InChI is InChI=1S/C23H26N2O6/c1-29-15-11-12-17(21(13-15)31-3)19-14-18(16-7-4-5-8-20(16)30-2)24-25(19)22(26)9-6-10-23(27)28/h4-5,7-8,11-13,19H,6,9-10,14H2,1-3H3,(H,27,28)/t19-/m1/s1. The molecule has 0 radical (unpaired) electrons. The van der Waals surface area contributed by atoms with Gasteiger partial charge in [-0.15, -0.1) is 0 Å². The molecule has 1 N–H and O–H groups in total. The number of carbonyl (C=O) groups excluding carboxylic acids is 1. The van der Waals surface area contributed by atoms with Crippen LogP contribution in [-0.2, 0) is 9.59 Å². The minimum absolute atomic E-state index is 0.0703. The Morgan fingerprint density at radius 2 is 1.77 bits per heavy atom.